The molecule has 21 heavy (non-hydrogen) atoms. The van der Waals surface area contributed by atoms with E-state index < -0.39 is 0 Å². The number of methoxy groups -OCH3 is 1. The van der Waals surface area contributed by atoms with Crippen LogP contribution in [0.3, 0.4) is 0 Å². The van der Waals surface area contributed by atoms with Crippen LogP contribution in [0.1, 0.15) is 33.5 Å². The summed E-state index contributed by atoms with van der Waals surface area (Å²) in [6, 6.07) is 9.49. The van der Waals surface area contributed by atoms with E-state index in [1.807, 2.05) is 24.3 Å². The fourth-order valence-corrected chi connectivity index (χ4v) is 3.81. The molecule has 3 rings (SSSR count). The van der Waals surface area contributed by atoms with E-state index in [1.54, 1.807) is 18.4 Å². The summed E-state index contributed by atoms with van der Waals surface area (Å²) < 4.78 is 5.17. The maximum absolute atomic E-state index is 12.4. The van der Waals surface area contributed by atoms with Gasteiger partial charge in [-0.3, -0.25) is 4.79 Å². The van der Waals surface area contributed by atoms with Gasteiger partial charge in [0.2, 0.25) is 0 Å². The third kappa shape index (κ3) is 3.10. The molecule has 0 saturated carbocycles. The second-order valence-electron chi connectivity index (χ2n) is 5.59. The molecule has 0 unspecified atom stereocenters. The number of anilines is 1. The zero-order chi connectivity index (χ0) is 14.8. The summed E-state index contributed by atoms with van der Waals surface area (Å²) in [6.07, 6.45) is 3.43. The van der Waals surface area contributed by atoms with E-state index in [1.165, 1.54) is 16.9 Å². The van der Waals surface area contributed by atoms with Gasteiger partial charge in [0.15, 0.2) is 0 Å². The summed E-state index contributed by atoms with van der Waals surface area (Å²) in [5.74, 6) is 1.43. The smallest absolute Gasteiger partial charge is 0.265 e. The maximum Gasteiger partial charge on any atom is 0.265 e. The van der Waals surface area contributed by atoms with Gasteiger partial charge in [0.1, 0.15) is 5.75 Å². The molecule has 1 aliphatic carbocycles. The van der Waals surface area contributed by atoms with E-state index in [0.29, 0.717) is 0 Å². The topological polar surface area (TPSA) is 38.3 Å². The molecule has 0 aliphatic heterocycles. The standard InChI is InChI=1S/C17H19NO2S/c1-11-6-7-15-12(8-11)9-16(21-15)17(19)18-13-4-3-5-14(10-13)20-2/h3-5,9-11H,6-8H2,1-2H3,(H,18,19)/t11-/m0/s1. The van der Waals surface area contributed by atoms with Gasteiger partial charge in [-0.15, -0.1) is 11.3 Å². The van der Waals surface area contributed by atoms with E-state index in [9.17, 15) is 4.79 Å². The van der Waals surface area contributed by atoms with Crippen molar-refractivity contribution < 1.29 is 9.53 Å². The Kier molecular flexibility index (Phi) is 3.97. The lowest BCUT2D eigenvalue weighted by Crippen LogP contribution is -2.10. The predicted octanol–water partition coefficient (Wildman–Crippen LogP) is 4.13. The largest absolute Gasteiger partial charge is 0.497 e. The number of hydrogen-bond acceptors (Lipinski definition) is 3. The molecule has 1 N–H and O–H groups in total. The van der Waals surface area contributed by atoms with Gasteiger partial charge in [-0.2, -0.15) is 0 Å². The van der Waals surface area contributed by atoms with Crippen molar-refractivity contribution in [2.24, 2.45) is 5.92 Å². The van der Waals surface area contributed by atoms with Crippen LogP contribution in [0.5, 0.6) is 5.75 Å². The van der Waals surface area contributed by atoms with Crippen molar-refractivity contribution in [3.05, 3.63) is 45.6 Å². The molecular weight excluding hydrogens is 282 g/mol. The maximum atomic E-state index is 12.4. The SMILES string of the molecule is COc1cccc(NC(=O)c2cc3c(s2)CC[C@H](C)C3)c1. The summed E-state index contributed by atoms with van der Waals surface area (Å²) in [5, 5.41) is 2.94. The number of ether oxygens (including phenoxy) is 1. The molecule has 2 aromatic rings. The fraction of sp³-hybridized carbons (Fsp3) is 0.353. The molecule has 3 nitrogen and oxygen atoms in total. The summed E-state index contributed by atoms with van der Waals surface area (Å²) in [4.78, 5) is 14.6. The summed E-state index contributed by atoms with van der Waals surface area (Å²) in [7, 11) is 1.62. The number of hydrogen-bond donors (Lipinski definition) is 1. The molecule has 1 heterocycles. The lowest BCUT2D eigenvalue weighted by atomic mass is 9.90. The lowest BCUT2D eigenvalue weighted by Gasteiger charge is -2.16. The molecular formula is C17H19NO2S. The number of benzene rings is 1. The average molecular weight is 301 g/mol. The second-order valence-corrected chi connectivity index (χ2v) is 6.73. The number of rotatable bonds is 3. The van der Waals surface area contributed by atoms with Gasteiger partial charge in [0, 0.05) is 16.6 Å². The highest BCUT2D eigenvalue weighted by molar-refractivity contribution is 7.14. The molecule has 1 aromatic heterocycles. The molecule has 0 radical (unpaired) electrons. The van der Waals surface area contributed by atoms with E-state index in [0.717, 1.165) is 35.1 Å². The van der Waals surface area contributed by atoms with Gasteiger partial charge in [-0.25, -0.2) is 0 Å². The third-order valence-electron chi connectivity index (χ3n) is 3.88. The minimum atomic E-state index is -0.0321. The van der Waals surface area contributed by atoms with Crippen LogP contribution in [-0.2, 0) is 12.8 Å². The van der Waals surface area contributed by atoms with Gasteiger partial charge in [-0.05, 0) is 48.9 Å². The number of carbonyl (C=O) groups is 1. The van der Waals surface area contributed by atoms with E-state index in [4.69, 9.17) is 4.74 Å². The molecule has 1 aliphatic rings. The molecule has 0 fully saturated rings. The van der Waals surface area contributed by atoms with Crippen LogP contribution in [0.25, 0.3) is 0 Å². The Bertz CT molecular complexity index is 663. The molecule has 110 valence electrons. The Hall–Kier alpha value is -1.81. The number of thiophene rings is 1. The molecule has 1 amide bonds. The number of aryl methyl sites for hydroxylation is 1. The van der Waals surface area contributed by atoms with Gasteiger partial charge in [-0.1, -0.05) is 13.0 Å². The molecule has 1 aromatic carbocycles. The molecule has 1 atom stereocenters. The Morgan fingerprint density at radius 3 is 3.05 bits per heavy atom. The average Bonchev–Trinajstić information content (AvgIpc) is 2.90. The van der Waals surface area contributed by atoms with Crippen LogP contribution in [0.15, 0.2) is 30.3 Å². The Labute approximate surface area is 129 Å². The Morgan fingerprint density at radius 2 is 2.24 bits per heavy atom. The first-order chi connectivity index (χ1) is 10.2. The van der Waals surface area contributed by atoms with Crippen LogP contribution < -0.4 is 10.1 Å². The Morgan fingerprint density at radius 1 is 1.38 bits per heavy atom. The van der Waals surface area contributed by atoms with Gasteiger partial charge in [0.25, 0.3) is 5.91 Å². The van der Waals surface area contributed by atoms with Crippen molar-refractivity contribution in [3.8, 4) is 5.75 Å². The highest BCUT2D eigenvalue weighted by atomic mass is 32.1. The van der Waals surface area contributed by atoms with Crippen molar-refractivity contribution in [3.63, 3.8) is 0 Å². The number of amides is 1. The summed E-state index contributed by atoms with van der Waals surface area (Å²) in [5.41, 5.74) is 2.12. The monoisotopic (exact) mass is 301 g/mol. The highest BCUT2D eigenvalue weighted by Gasteiger charge is 2.20. The van der Waals surface area contributed by atoms with Crippen LogP contribution >= 0.6 is 11.3 Å². The molecule has 0 saturated heterocycles. The van der Waals surface area contributed by atoms with Gasteiger partial charge in [0.05, 0.1) is 12.0 Å². The lowest BCUT2D eigenvalue weighted by molar-refractivity contribution is 0.103. The first kappa shape index (κ1) is 14.1. The normalized spacial score (nSPS) is 17.1. The van der Waals surface area contributed by atoms with Crippen LogP contribution in [-0.4, -0.2) is 13.0 Å². The van der Waals surface area contributed by atoms with E-state index in [-0.39, 0.29) is 5.91 Å². The van der Waals surface area contributed by atoms with Crippen molar-refractivity contribution in [1.82, 2.24) is 0 Å². The molecule has 4 heteroatoms. The van der Waals surface area contributed by atoms with Crippen molar-refractivity contribution in [2.75, 3.05) is 12.4 Å². The summed E-state index contributed by atoms with van der Waals surface area (Å²) in [6.45, 7) is 2.27. The minimum absolute atomic E-state index is 0.0321. The zero-order valence-corrected chi connectivity index (χ0v) is 13.1. The van der Waals surface area contributed by atoms with E-state index in [2.05, 4.69) is 18.3 Å². The van der Waals surface area contributed by atoms with Crippen LogP contribution in [0.4, 0.5) is 5.69 Å². The van der Waals surface area contributed by atoms with Gasteiger partial charge >= 0.3 is 0 Å². The molecule has 0 bridgehead atoms. The van der Waals surface area contributed by atoms with E-state index >= 15 is 0 Å². The first-order valence-electron chi connectivity index (χ1n) is 7.22. The fourth-order valence-electron chi connectivity index (χ4n) is 2.71. The number of carbonyl (C=O) groups excluding carboxylic acids is 1. The summed E-state index contributed by atoms with van der Waals surface area (Å²) >= 11 is 1.63. The van der Waals surface area contributed by atoms with Gasteiger partial charge < -0.3 is 10.1 Å². The van der Waals surface area contributed by atoms with Crippen molar-refractivity contribution in [2.45, 2.75) is 26.2 Å². The van der Waals surface area contributed by atoms with Crippen LogP contribution in [0, 0.1) is 5.92 Å². The third-order valence-corrected chi connectivity index (χ3v) is 5.12. The number of nitrogens with one attached hydrogen (secondary N) is 1. The minimum Gasteiger partial charge on any atom is -0.497 e. The predicted molar refractivity (Wildman–Crippen MR) is 86.5 cm³/mol. The number of fused-ring (bicyclic) bond motifs is 1. The van der Waals surface area contributed by atoms with Crippen molar-refractivity contribution in [1.29, 1.82) is 0 Å². The zero-order valence-electron chi connectivity index (χ0n) is 12.3. The highest BCUT2D eigenvalue weighted by Crippen LogP contribution is 2.32. The quantitative estimate of drug-likeness (QED) is 0.925. The second kappa shape index (κ2) is 5.90. The molecule has 0 spiro atoms. The van der Waals surface area contributed by atoms with Crippen molar-refractivity contribution >= 4 is 22.9 Å². The Balaban J connectivity index is 1.76. The van der Waals surface area contributed by atoms with Crippen LogP contribution in [0.2, 0.25) is 0 Å². The first-order valence-corrected chi connectivity index (χ1v) is 8.04.